The minimum atomic E-state index is 0. The Balaban J connectivity index is 0.000000201. The summed E-state index contributed by atoms with van der Waals surface area (Å²) >= 11 is 0. The minimum Gasteiger partial charge on any atom is -0.147 e. The van der Waals surface area contributed by atoms with Gasteiger partial charge in [-0.15, -0.1) is 107 Å². The van der Waals surface area contributed by atoms with Crippen LogP contribution in [0.4, 0.5) is 0 Å². The fourth-order valence-corrected chi connectivity index (χ4v) is 4.26. The Morgan fingerprint density at radius 1 is 0.516 bits per heavy atom. The summed E-state index contributed by atoms with van der Waals surface area (Å²) in [5.74, 6) is 0. The van der Waals surface area contributed by atoms with Crippen molar-refractivity contribution < 1.29 is 25.8 Å². The molecule has 0 saturated heterocycles. The molecule has 6 rings (SSSR count). The molecular weight excluding hydrogens is 586 g/mol. The van der Waals surface area contributed by atoms with Gasteiger partial charge in [0.1, 0.15) is 0 Å². The van der Waals surface area contributed by atoms with Crippen LogP contribution in [0.25, 0.3) is 43.8 Å². The van der Waals surface area contributed by atoms with Crippen molar-refractivity contribution in [3.63, 3.8) is 0 Å². The summed E-state index contributed by atoms with van der Waals surface area (Å²) in [6.45, 7) is 4.34. The monoisotopic (exact) mass is 610 g/mol. The van der Waals surface area contributed by atoms with E-state index in [2.05, 4.69) is 111 Å². The molecule has 0 N–H and O–H groups in total. The van der Waals surface area contributed by atoms with Crippen LogP contribution in [0.15, 0.2) is 97.1 Å². The molecule has 0 amide bonds. The van der Waals surface area contributed by atoms with Crippen molar-refractivity contribution in [1.29, 1.82) is 0 Å². The first-order chi connectivity index (χ1) is 13.7. The second kappa shape index (κ2) is 10.6. The first-order valence-corrected chi connectivity index (χ1v) is 9.80. The van der Waals surface area contributed by atoms with E-state index in [0.29, 0.717) is 0 Å². The molecule has 0 saturated carbocycles. The predicted octanol–water partition coefficient (Wildman–Crippen LogP) is 8.78. The summed E-state index contributed by atoms with van der Waals surface area (Å²) in [6, 6.07) is 34.7. The van der Waals surface area contributed by atoms with Crippen molar-refractivity contribution in [1.82, 2.24) is 0 Å². The number of hydrogen-bond acceptors (Lipinski definition) is 0. The second-order valence-corrected chi connectivity index (χ2v) is 7.54. The van der Waals surface area contributed by atoms with Gasteiger partial charge in [-0.05, 0) is 0 Å². The molecule has 0 bridgehead atoms. The van der Waals surface area contributed by atoms with Crippen LogP contribution in [0.1, 0.15) is 11.1 Å². The Morgan fingerprint density at radius 2 is 0.903 bits per heavy atom. The van der Waals surface area contributed by atoms with Gasteiger partial charge in [0.25, 0.3) is 0 Å². The van der Waals surface area contributed by atoms with Gasteiger partial charge in [-0.1, -0.05) is 83.9 Å². The van der Waals surface area contributed by atoms with Gasteiger partial charge >= 0.3 is 0 Å². The molecule has 0 atom stereocenters. The van der Waals surface area contributed by atoms with Crippen LogP contribution in [-0.2, 0) is 25.8 Å². The van der Waals surface area contributed by atoms with Crippen LogP contribution in [0.5, 0.6) is 0 Å². The van der Waals surface area contributed by atoms with Gasteiger partial charge in [-0.25, -0.2) is 0 Å². The summed E-state index contributed by atoms with van der Waals surface area (Å²) in [6.07, 6.45) is 0. The SMILES string of the molecule is C[c-]1cccc2c3ccccc3cc1-2.C[c-]1cccc2c3ccccc3cc1-2.Cl.Cl.[Hf]. The van der Waals surface area contributed by atoms with Crippen molar-refractivity contribution in [2.75, 3.05) is 0 Å². The number of benzene rings is 4. The van der Waals surface area contributed by atoms with E-state index in [9.17, 15) is 0 Å². The number of hydrogen-bond donors (Lipinski definition) is 0. The van der Waals surface area contributed by atoms with Crippen LogP contribution >= 0.6 is 24.8 Å². The average Bonchev–Trinajstić information content (AvgIpc) is 3.29. The zero-order valence-electron chi connectivity index (χ0n) is 17.6. The maximum Gasteiger partial charge on any atom is 0 e. The van der Waals surface area contributed by atoms with Crippen LogP contribution in [-0.4, -0.2) is 0 Å². The Bertz CT molecular complexity index is 1240. The maximum absolute atomic E-state index is 2.28. The number of rotatable bonds is 0. The molecule has 0 radical (unpaired) electrons. The van der Waals surface area contributed by atoms with E-state index in [-0.39, 0.29) is 50.7 Å². The molecule has 31 heavy (non-hydrogen) atoms. The molecular formula is C28H24Cl2Hf-2. The molecule has 4 aliphatic carbocycles. The normalized spacial score (nSPS) is 10.1. The second-order valence-electron chi connectivity index (χ2n) is 7.54. The van der Waals surface area contributed by atoms with Gasteiger partial charge in [-0.3, -0.25) is 0 Å². The minimum absolute atomic E-state index is 0. The first kappa shape index (κ1) is 25.3. The predicted molar refractivity (Wildman–Crippen MR) is 136 cm³/mol. The number of aryl methyl sites for hydroxylation is 2. The topological polar surface area (TPSA) is 0 Å². The number of halogens is 2. The summed E-state index contributed by atoms with van der Waals surface area (Å²) in [5.41, 5.74) is 8.24. The zero-order valence-corrected chi connectivity index (χ0v) is 22.8. The molecule has 0 heterocycles. The Morgan fingerprint density at radius 3 is 1.32 bits per heavy atom. The zero-order chi connectivity index (χ0) is 19.1. The average molecular weight is 610 g/mol. The summed E-state index contributed by atoms with van der Waals surface area (Å²) < 4.78 is 0. The van der Waals surface area contributed by atoms with Crippen molar-refractivity contribution in [3.8, 4) is 22.3 Å². The molecule has 0 unspecified atom stereocenters. The standard InChI is InChI=1S/2C14H11.2ClH.Hf/c2*1-10-5-4-8-13-12-7-3-2-6-11(12)9-14(10)13;;;/h2*2-9H,1H3;2*1H;/q2*-1;;;. The Labute approximate surface area is 215 Å². The van der Waals surface area contributed by atoms with E-state index in [4.69, 9.17) is 0 Å². The summed E-state index contributed by atoms with van der Waals surface area (Å²) in [7, 11) is 0. The largest absolute Gasteiger partial charge is 0.147 e. The molecule has 0 fully saturated rings. The van der Waals surface area contributed by atoms with Gasteiger partial charge in [0, 0.05) is 25.8 Å². The third-order valence-electron chi connectivity index (χ3n) is 5.75. The van der Waals surface area contributed by atoms with Gasteiger partial charge < -0.3 is 0 Å². The van der Waals surface area contributed by atoms with E-state index in [1.54, 1.807) is 0 Å². The molecule has 2 aromatic carbocycles. The fourth-order valence-electron chi connectivity index (χ4n) is 4.26. The molecule has 0 aromatic heterocycles. The molecule has 0 nitrogen and oxygen atoms in total. The van der Waals surface area contributed by atoms with E-state index in [1.807, 2.05) is 0 Å². The third-order valence-corrected chi connectivity index (χ3v) is 5.75. The third kappa shape index (κ3) is 4.65. The van der Waals surface area contributed by atoms with E-state index < -0.39 is 0 Å². The van der Waals surface area contributed by atoms with Gasteiger partial charge in [-0.2, -0.15) is 0 Å². The fraction of sp³-hybridized carbons (Fsp3) is 0.0714. The van der Waals surface area contributed by atoms with E-state index in [0.717, 1.165) is 0 Å². The smallest absolute Gasteiger partial charge is 0 e. The van der Waals surface area contributed by atoms with Gasteiger partial charge in [0.15, 0.2) is 0 Å². The van der Waals surface area contributed by atoms with Crippen LogP contribution in [0, 0.1) is 13.8 Å². The summed E-state index contributed by atoms with van der Waals surface area (Å²) in [4.78, 5) is 0. The number of fused-ring (bicyclic) bond motifs is 6. The quantitative estimate of drug-likeness (QED) is 0.119. The van der Waals surface area contributed by atoms with Gasteiger partial charge in [0.2, 0.25) is 0 Å². The molecule has 2 aromatic rings. The van der Waals surface area contributed by atoms with Crippen molar-refractivity contribution in [2.24, 2.45) is 0 Å². The summed E-state index contributed by atoms with van der Waals surface area (Å²) in [5, 5.41) is 5.42. The molecule has 3 heteroatoms. The van der Waals surface area contributed by atoms with Crippen molar-refractivity contribution >= 4 is 46.4 Å². The first-order valence-electron chi connectivity index (χ1n) is 9.80. The maximum atomic E-state index is 2.28. The molecule has 0 spiro atoms. The van der Waals surface area contributed by atoms with Crippen molar-refractivity contribution in [2.45, 2.75) is 13.8 Å². The Hall–Kier alpha value is -1.93. The molecule has 4 aliphatic rings. The Kier molecular flexibility index (Phi) is 8.65. The van der Waals surface area contributed by atoms with E-state index >= 15 is 0 Å². The van der Waals surface area contributed by atoms with Crippen LogP contribution in [0.2, 0.25) is 0 Å². The molecule has 156 valence electrons. The van der Waals surface area contributed by atoms with Crippen molar-refractivity contribution in [3.05, 3.63) is 108 Å². The van der Waals surface area contributed by atoms with Crippen LogP contribution < -0.4 is 0 Å². The van der Waals surface area contributed by atoms with Crippen LogP contribution in [0.3, 0.4) is 0 Å². The molecule has 0 aliphatic heterocycles. The van der Waals surface area contributed by atoms with E-state index in [1.165, 1.54) is 54.9 Å². The van der Waals surface area contributed by atoms with Gasteiger partial charge in [0.05, 0.1) is 0 Å².